The minimum Gasteiger partial charge on any atom is -0.481 e. The first-order valence-electron chi connectivity index (χ1n) is 7.39. The largest absolute Gasteiger partial charge is 0.481 e. The number of carbonyl (C=O) groups excluding carboxylic acids is 1. The highest BCUT2D eigenvalue weighted by Gasteiger charge is 2.65. The van der Waals surface area contributed by atoms with Crippen LogP contribution >= 0.6 is 0 Å². The van der Waals surface area contributed by atoms with Gasteiger partial charge < -0.3 is 10.4 Å². The number of nitrogens with one attached hydrogen (secondary N) is 1. The fourth-order valence-electron chi connectivity index (χ4n) is 3.65. The van der Waals surface area contributed by atoms with Crippen LogP contribution in [0.25, 0.3) is 0 Å². The van der Waals surface area contributed by atoms with Crippen molar-refractivity contribution in [1.29, 1.82) is 0 Å². The Bertz CT molecular complexity index is 372. The van der Waals surface area contributed by atoms with Crippen LogP contribution in [-0.2, 0) is 9.59 Å². The lowest BCUT2D eigenvalue weighted by Gasteiger charge is -2.28. The lowest BCUT2D eigenvalue weighted by Crippen LogP contribution is -2.40. The molecule has 2 fully saturated rings. The molecule has 2 aliphatic carbocycles. The standard InChI is InChI=1S/C15H25NO3/c1-9(10-7-5-4-6-8-10)16-13(17)11-12(14(18)19)15(11,2)3/h9-12H,4-8H2,1-3H3,(H,16,17)(H,18,19)/t9-,11?,12?/m0/s1. The van der Waals surface area contributed by atoms with Crippen molar-refractivity contribution in [3.8, 4) is 0 Å². The zero-order valence-electron chi connectivity index (χ0n) is 12.1. The number of hydrogen-bond acceptors (Lipinski definition) is 2. The predicted molar refractivity (Wildman–Crippen MR) is 72.6 cm³/mol. The summed E-state index contributed by atoms with van der Waals surface area (Å²) in [6.45, 7) is 5.78. The Morgan fingerprint density at radius 1 is 1.16 bits per heavy atom. The fraction of sp³-hybridized carbons (Fsp3) is 0.867. The molecule has 2 N–H and O–H groups in total. The van der Waals surface area contributed by atoms with Gasteiger partial charge in [-0.2, -0.15) is 0 Å². The first-order valence-corrected chi connectivity index (χ1v) is 7.39. The molecule has 0 heterocycles. The van der Waals surface area contributed by atoms with Crippen molar-refractivity contribution in [2.75, 3.05) is 0 Å². The molecule has 0 radical (unpaired) electrons. The van der Waals surface area contributed by atoms with E-state index in [0.29, 0.717) is 5.92 Å². The van der Waals surface area contributed by atoms with Crippen molar-refractivity contribution >= 4 is 11.9 Å². The third-order valence-electron chi connectivity index (χ3n) is 5.10. The van der Waals surface area contributed by atoms with Crippen LogP contribution in [0.3, 0.4) is 0 Å². The Morgan fingerprint density at radius 2 is 1.74 bits per heavy atom. The molecule has 2 unspecified atom stereocenters. The number of aliphatic carboxylic acids is 1. The Kier molecular flexibility index (Phi) is 3.88. The van der Waals surface area contributed by atoms with E-state index in [1.807, 2.05) is 13.8 Å². The van der Waals surface area contributed by atoms with E-state index in [0.717, 1.165) is 0 Å². The molecule has 1 amide bonds. The Morgan fingerprint density at radius 3 is 2.21 bits per heavy atom. The minimum absolute atomic E-state index is 0.0736. The zero-order chi connectivity index (χ0) is 14.2. The second kappa shape index (κ2) is 5.14. The molecule has 0 spiro atoms. The molecule has 4 heteroatoms. The van der Waals surface area contributed by atoms with Crippen molar-refractivity contribution < 1.29 is 14.7 Å². The predicted octanol–water partition coefficient (Wildman–Crippen LogP) is 2.43. The third kappa shape index (κ3) is 2.77. The molecule has 2 saturated carbocycles. The maximum absolute atomic E-state index is 12.2. The molecule has 108 valence electrons. The number of hydrogen-bond donors (Lipinski definition) is 2. The van der Waals surface area contributed by atoms with Crippen LogP contribution in [0.1, 0.15) is 52.9 Å². The van der Waals surface area contributed by atoms with Gasteiger partial charge in [0.05, 0.1) is 11.8 Å². The maximum Gasteiger partial charge on any atom is 0.307 e. The third-order valence-corrected chi connectivity index (χ3v) is 5.10. The molecule has 2 rings (SSSR count). The van der Waals surface area contributed by atoms with Gasteiger partial charge in [0.25, 0.3) is 0 Å². The van der Waals surface area contributed by atoms with Crippen LogP contribution in [0.4, 0.5) is 0 Å². The van der Waals surface area contributed by atoms with Gasteiger partial charge >= 0.3 is 5.97 Å². The molecular formula is C15H25NO3. The van der Waals surface area contributed by atoms with Crippen LogP contribution in [0.15, 0.2) is 0 Å². The van der Waals surface area contributed by atoms with Gasteiger partial charge in [-0.05, 0) is 31.1 Å². The van der Waals surface area contributed by atoms with E-state index in [1.165, 1.54) is 32.1 Å². The summed E-state index contributed by atoms with van der Waals surface area (Å²) in [5, 5.41) is 12.2. The van der Waals surface area contributed by atoms with Crippen molar-refractivity contribution in [3.63, 3.8) is 0 Å². The molecule has 0 saturated heterocycles. The molecule has 0 aromatic carbocycles. The molecule has 0 aliphatic heterocycles. The van der Waals surface area contributed by atoms with Gasteiger partial charge in [-0.1, -0.05) is 33.1 Å². The molecule has 4 nitrogen and oxygen atoms in total. The van der Waals surface area contributed by atoms with Gasteiger partial charge in [-0.15, -0.1) is 0 Å². The summed E-state index contributed by atoms with van der Waals surface area (Å²) in [7, 11) is 0. The van der Waals surface area contributed by atoms with E-state index in [9.17, 15) is 9.59 Å². The lowest BCUT2D eigenvalue weighted by molar-refractivity contribution is -0.140. The van der Waals surface area contributed by atoms with Crippen molar-refractivity contribution in [2.24, 2.45) is 23.2 Å². The molecular weight excluding hydrogens is 242 g/mol. The average Bonchev–Trinajstić information content (AvgIpc) is 2.93. The van der Waals surface area contributed by atoms with Gasteiger partial charge in [-0.25, -0.2) is 0 Å². The van der Waals surface area contributed by atoms with Crippen LogP contribution in [0.2, 0.25) is 0 Å². The van der Waals surface area contributed by atoms with Gasteiger partial charge in [0.1, 0.15) is 0 Å². The van der Waals surface area contributed by atoms with Gasteiger partial charge in [0.2, 0.25) is 5.91 Å². The highest BCUT2D eigenvalue weighted by Crippen LogP contribution is 2.58. The van der Waals surface area contributed by atoms with Crippen LogP contribution in [-0.4, -0.2) is 23.0 Å². The van der Waals surface area contributed by atoms with Gasteiger partial charge in [0, 0.05) is 6.04 Å². The van der Waals surface area contributed by atoms with Crippen molar-refractivity contribution in [3.05, 3.63) is 0 Å². The lowest BCUT2D eigenvalue weighted by atomic mass is 9.84. The van der Waals surface area contributed by atoms with E-state index >= 15 is 0 Å². The summed E-state index contributed by atoms with van der Waals surface area (Å²) in [5.41, 5.74) is -0.401. The Labute approximate surface area is 115 Å². The van der Waals surface area contributed by atoms with Crippen LogP contribution in [0.5, 0.6) is 0 Å². The fourth-order valence-corrected chi connectivity index (χ4v) is 3.65. The topological polar surface area (TPSA) is 66.4 Å². The average molecular weight is 267 g/mol. The molecule has 19 heavy (non-hydrogen) atoms. The van der Waals surface area contributed by atoms with E-state index in [-0.39, 0.29) is 17.9 Å². The van der Waals surface area contributed by atoms with E-state index in [4.69, 9.17) is 5.11 Å². The molecule has 3 atom stereocenters. The van der Waals surface area contributed by atoms with Crippen molar-refractivity contribution in [2.45, 2.75) is 58.9 Å². The molecule has 0 bridgehead atoms. The SMILES string of the molecule is C[C@H](NC(=O)C1C(C(=O)O)C1(C)C)C1CCCCC1. The first-order chi connectivity index (χ1) is 8.85. The molecule has 2 aliphatic rings. The molecule has 0 aromatic rings. The van der Waals surface area contributed by atoms with Crippen LogP contribution < -0.4 is 5.32 Å². The number of carboxylic acids is 1. The second-order valence-electron chi connectivity index (χ2n) is 6.81. The van der Waals surface area contributed by atoms with E-state index in [1.54, 1.807) is 0 Å². The summed E-state index contributed by atoms with van der Waals surface area (Å²) >= 11 is 0. The first kappa shape index (κ1) is 14.4. The molecule has 0 aromatic heterocycles. The Hall–Kier alpha value is -1.06. The summed E-state index contributed by atoms with van der Waals surface area (Å²) in [6.07, 6.45) is 6.15. The summed E-state index contributed by atoms with van der Waals surface area (Å²) in [5.74, 6) is -1.25. The summed E-state index contributed by atoms with van der Waals surface area (Å²) in [4.78, 5) is 23.3. The van der Waals surface area contributed by atoms with Gasteiger partial charge in [-0.3, -0.25) is 9.59 Å². The van der Waals surface area contributed by atoms with Crippen molar-refractivity contribution in [1.82, 2.24) is 5.32 Å². The number of rotatable bonds is 4. The Balaban J connectivity index is 1.89. The normalized spacial score (nSPS) is 31.5. The number of amides is 1. The smallest absolute Gasteiger partial charge is 0.307 e. The quantitative estimate of drug-likeness (QED) is 0.822. The second-order valence-corrected chi connectivity index (χ2v) is 6.81. The number of carboxylic acid groups (broad SMARTS) is 1. The summed E-state index contributed by atoms with van der Waals surface area (Å²) in [6, 6.07) is 0.165. The zero-order valence-corrected chi connectivity index (χ0v) is 12.1. The summed E-state index contributed by atoms with van der Waals surface area (Å²) < 4.78 is 0. The van der Waals surface area contributed by atoms with E-state index < -0.39 is 17.3 Å². The van der Waals surface area contributed by atoms with E-state index in [2.05, 4.69) is 12.2 Å². The minimum atomic E-state index is -0.851. The maximum atomic E-state index is 12.2. The highest BCUT2D eigenvalue weighted by molar-refractivity contribution is 5.91. The van der Waals surface area contributed by atoms with Gasteiger partial charge in [0.15, 0.2) is 0 Å². The van der Waals surface area contributed by atoms with Crippen LogP contribution in [0, 0.1) is 23.2 Å². The number of carbonyl (C=O) groups is 2. The monoisotopic (exact) mass is 267 g/mol. The highest BCUT2D eigenvalue weighted by atomic mass is 16.4.